The highest BCUT2D eigenvalue weighted by atomic mass is 32.2. The number of carbonyl (C=O) groups excluding carboxylic acids is 2. The van der Waals surface area contributed by atoms with Crippen molar-refractivity contribution in [3.63, 3.8) is 0 Å². The molecule has 1 fully saturated rings. The molecule has 0 aliphatic carbocycles. The molecule has 2 aromatic rings. The third-order valence-corrected chi connectivity index (χ3v) is 6.62. The summed E-state index contributed by atoms with van der Waals surface area (Å²) in [7, 11) is -4.13. The molecule has 0 aromatic heterocycles. The van der Waals surface area contributed by atoms with Gasteiger partial charge in [0.15, 0.2) is 0 Å². The van der Waals surface area contributed by atoms with Crippen molar-refractivity contribution in [2.75, 3.05) is 19.6 Å². The number of nitro benzene ring substituents is 1. The summed E-state index contributed by atoms with van der Waals surface area (Å²) in [4.78, 5) is 34.8. The molecule has 0 bridgehead atoms. The Kier molecular flexibility index (Phi) is 6.51. The van der Waals surface area contributed by atoms with Crippen molar-refractivity contribution < 1.29 is 32.8 Å². The Labute approximate surface area is 177 Å². The Bertz CT molecular complexity index is 1070. The van der Waals surface area contributed by atoms with E-state index in [0.717, 1.165) is 33.5 Å². The smallest absolute Gasteiger partial charge is 0.410 e. The molecule has 3 rings (SSSR count). The van der Waals surface area contributed by atoms with E-state index < -0.39 is 39.6 Å². The van der Waals surface area contributed by atoms with Gasteiger partial charge in [0.2, 0.25) is 10.0 Å². The first kappa shape index (κ1) is 22.2. The molecular formula is C19H18N3O8S-. The molecule has 1 amide bonds. The van der Waals surface area contributed by atoms with Crippen molar-refractivity contribution in [3.8, 4) is 0 Å². The quantitative estimate of drug-likeness (QED) is 0.454. The maximum absolute atomic E-state index is 12.8. The Morgan fingerprint density at radius 2 is 1.71 bits per heavy atom. The number of benzene rings is 2. The van der Waals surface area contributed by atoms with Crippen molar-refractivity contribution >= 4 is 27.8 Å². The van der Waals surface area contributed by atoms with Crippen LogP contribution in [0.25, 0.3) is 0 Å². The fourth-order valence-corrected chi connectivity index (χ4v) is 4.53. The van der Waals surface area contributed by atoms with Crippen molar-refractivity contribution in [2.24, 2.45) is 0 Å². The topological polar surface area (TPSA) is 150 Å². The minimum atomic E-state index is -4.13. The molecule has 31 heavy (non-hydrogen) atoms. The summed E-state index contributed by atoms with van der Waals surface area (Å²) in [6.45, 7) is -1.01. The number of hydrogen-bond donors (Lipinski definition) is 0. The number of carboxylic acid groups (broad SMARTS) is 1. The minimum Gasteiger partial charge on any atom is -0.548 e. The van der Waals surface area contributed by atoms with Gasteiger partial charge in [-0.25, -0.2) is 13.2 Å². The van der Waals surface area contributed by atoms with Gasteiger partial charge < -0.3 is 14.6 Å². The normalized spacial score (nSPS) is 17.2. The van der Waals surface area contributed by atoms with E-state index >= 15 is 0 Å². The van der Waals surface area contributed by atoms with Crippen LogP contribution in [0, 0.1) is 10.1 Å². The highest BCUT2D eigenvalue weighted by molar-refractivity contribution is 7.89. The second kappa shape index (κ2) is 9.10. The molecule has 0 unspecified atom stereocenters. The standard InChI is InChI=1S/C19H19N3O8S/c23-18(24)17-12-20(31(28,29)16-8-6-15(7-9-16)22(26)27)10-11-21(17)19(25)30-13-14-4-2-1-3-5-14/h1-9,17H,10-13H2,(H,23,24)/p-1/t17-/m1/s1. The molecule has 12 heteroatoms. The van der Waals surface area contributed by atoms with Crippen LogP contribution in [-0.4, -0.2) is 60.3 Å². The summed E-state index contributed by atoms with van der Waals surface area (Å²) >= 11 is 0. The minimum absolute atomic E-state index is 0.0687. The highest BCUT2D eigenvalue weighted by Crippen LogP contribution is 2.23. The molecule has 0 radical (unpaired) electrons. The summed E-state index contributed by atoms with van der Waals surface area (Å²) in [6, 6.07) is 11.5. The summed E-state index contributed by atoms with van der Waals surface area (Å²) in [5, 5.41) is 22.4. The average molecular weight is 448 g/mol. The third-order valence-electron chi connectivity index (χ3n) is 4.74. The Balaban J connectivity index is 1.72. The van der Waals surface area contributed by atoms with Crippen LogP contribution in [0.4, 0.5) is 10.5 Å². The van der Waals surface area contributed by atoms with Gasteiger partial charge in [-0.3, -0.25) is 15.0 Å². The maximum Gasteiger partial charge on any atom is 0.410 e. The third kappa shape index (κ3) is 4.98. The number of carbonyl (C=O) groups is 2. The van der Waals surface area contributed by atoms with Gasteiger partial charge in [-0.05, 0) is 17.7 Å². The largest absolute Gasteiger partial charge is 0.548 e. The Hall–Kier alpha value is -3.51. The summed E-state index contributed by atoms with van der Waals surface area (Å²) < 4.78 is 31.7. The summed E-state index contributed by atoms with van der Waals surface area (Å²) in [6.07, 6.45) is -0.898. The van der Waals surface area contributed by atoms with Gasteiger partial charge in [0.25, 0.3) is 5.69 Å². The first-order valence-corrected chi connectivity index (χ1v) is 10.6. The number of sulfonamides is 1. The van der Waals surface area contributed by atoms with Crippen LogP contribution in [0.3, 0.4) is 0 Å². The maximum atomic E-state index is 12.8. The number of ether oxygens (including phenoxy) is 1. The zero-order chi connectivity index (χ0) is 22.6. The van der Waals surface area contributed by atoms with Crippen LogP contribution in [-0.2, 0) is 26.2 Å². The van der Waals surface area contributed by atoms with Crippen LogP contribution in [0.5, 0.6) is 0 Å². The van der Waals surface area contributed by atoms with Gasteiger partial charge in [0.05, 0.1) is 21.8 Å². The number of carboxylic acids is 1. The van der Waals surface area contributed by atoms with E-state index in [0.29, 0.717) is 5.56 Å². The number of aliphatic carboxylic acids is 1. The lowest BCUT2D eigenvalue weighted by Gasteiger charge is -2.40. The molecule has 1 heterocycles. The van der Waals surface area contributed by atoms with Crippen LogP contribution in [0.1, 0.15) is 5.56 Å². The van der Waals surface area contributed by atoms with E-state index in [4.69, 9.17) is 4.74 Å². The molecular weight excluding hydrogens is 430 g/mol. The van der Waals surface area contributed by atoms with E-state index in [1.807, 2.05) is 0 Å². The van der Waals surface area contributed by atoms with Crippen LogP contribution in [0.2, 0.25) is 0 Å². The first-order valence-electron chi connectivity index (χ1n) is 9.13. The number of nitro groups is 1. The van der Waals surface area contributed by atoms with Crippen molar-refractivity contribution in [2.45, 2.75) is 17.5 Å². The number of amides is 1. The first-order chi connectivity index (χ1) is 14.7. The zero-order valence-corrected chi connectivity index (χ0v) is 16.9. The average Bonchev–Trinajstić information content (AvgIpc) is 2.77. The molecule has 1 aliphatic rings. The fourth-order valence-electron chi connectivity index (χ4n) is 3.09. The number of hydrogen-bond acceptors (Lipinski definition) is 8. The van der Waals surface area contributed by atoms with E-state index in [9.17, 15) is 33.2 Å². The number of rotatable bonds is 6. The van der Waals surface area contributed by atoms with Gasteiger partial charge in [0, 0.05) is 31.8 Å². The lowest BCUT2D eigenvalue weighted by molar-refractivity contribution is -0.384. The van der Waals surface area contributed by atoms with E-state index in [1.165, 1.54) is 0 Å². The molecule has 0 N–H and O–H groups in total. The molecule has 1 saturated heterocycles. The number of non-ortho nitro benzene ring substituents is 1. The molecule has 1 atom stereocenters. The molecule has 0 saturated carbocycles. The molecule has 11 nitrogen and oxygen atoms in total. The number of nitrogens with zero attached hydrogens (tertiary/aromatic N) is 3. The molecule has 2 aromatic carbocycles. The molecule has 1 aliphatic heterocycles. The summed E-state index contributed by atoms with van der Waals surface area (Å²) in [5.41, 5.74) is 0.428. The highest BCUT2D eigenvalue weighted by Gasteiger charge is 2.37. The van der Waals surface area contributed by atoms with Gasteiger partial charge in [-0.15, -0.1) is 0 Å². The monoisotopic (exact) mass is 448 g/mol. The van der Waals surface area contributed by atoms with E-state index in [-0.39, 0.29) is 30.3 Å². The van der Waals surface area contributed by atoms with E-state index in [1.54, 1.807) is 30.3 Å². The zero-order valence-electron chi connectivity index (χ0n) is 16.1. The predicted octanol–water partition coefficient (Wildman–Crippen LogP) is 0.356. The Morgan fingerprint density at radius 3 is 2.29 bits per heavy atom. The number of piperazine rings is 1. The molecule has 0 spiro atoms. The van der Waals surface area contributed by atoms with Gasteiger partial charge in [-0.1, -0.05) is 30.3 Å². The lowest BCUT2D eigenvalue weighted by atomic mass is 10.2. The second-order valence-corrected chi connectivity index (χ2v) is 8.62. The van der Waals surface area contributed by atoms with Crippen LogP contribution >= 0.6 is 0 Å². The SMILES string of the molecule is O=C([O-])[C@H]1CN(S(=O)(=O)c2ccc([N+](=O)[O-])cc2)CCN1C(=O)OCc1ccccc1. The van der Waals surface area contributed by atoms with Gasteiger partial charge in [0.1, 0.15) is 6.61 Å². The van der Waals surface area contributed by atoms with Crippen LogP contribution in [0.15, 0.2) is 59.5 Å². The van der Waals surface area contributed by atoms with Crippen molar-refractivity contribution in [1.29, 1.82) is 0 Å². The summed E-state index contributed by atoms with van der Waals surface area (Å²) in [5.74, 6) is -1.62. The predicted molar refractivity (Wildman–Crippen MR) is 104 cm³/mol. The van der Waals surface area contributed by atoms with Crippen LogP contribution < -0.4 is 5.11 Å². The molecule has 164 valence electrons. The van der Waals surface area contributed by atoms with E-state index in [2.05, 4.69) is 0 Å². The fraction of sp³-hybridized carbons (Fsp3) is 0.263. The lowest BCUT2D eigenvalue weighted by Crippen LogP contribution is -2.62. The van der Waals surface area contributed by atoms with Gasteiger partial charge >= 0.3 is 6.09 Å². The van der Waals surface area contributed by atoms with Gasteiger partial charge in [-0.2, -0.15) is 4.31 Å². The van der Waals surface area contributed by atoms with Crippen molar-refractivity contribution in [3.05, 3.63) is 70.3 Å². The Morgan fingerprint density at radius 1 is 1.06 bits per heavy atom. The second-order valence-electron chi connectivity index (χ2n) is 6.68. The van der Waals surface area contributed by atoms with Crippen molar-refractivity contribution in [1.82, 2.24) is 9.21 Å².